The maximum absolute atomic E-state index is 8.89. The van der Waals surface area contributed by atoms with E-state index >= 15 is 0 Å². The molecule has 2 aromatic carbocycles. The van der Waals surface area contributed by atoms with E-state index in [1.807, 2.05) is 0 Å². The molecular formula is C23H32O2. The maximum Gasteiger partial charge on any atom is 0.0431 e. The van der Waals surface area contributed by atoms with Crippen molar-refractivity contribution >= 4 is 0 Å². The van der Waals surface area contributed by atoms with Gasteiger partial charge in [-0.3, -0.25) is 0 Å². The van der Waals surface area contributed by atoms with Crippen LogP contribution < -0.4 is 0 Å². The zero-order chi connectivity index (χ0) is 18.1. The SMILES string of the molecule is CC(C)(c1ccc(CCCCO)cc1)c1ccc(CCCCO)cc1. The van der Waals surface area contributed by atoms with Gasteiger partial charge in [0.25, 0.3) is 0 Å². The van der Waals surface area contributed by atoms with E-state index in [0.29, 0.717) is 0 Å². The Hall–Kier alpha value is -1.64. The molecular weight excluding hydrogens is 308 g/mol. The first kappa shape index (κ1) is 19.7. The molecule has 0 aliphatic rings. The van der Waals surface area contributed by atoms with Gasteiger partial charge < -0.3 is 10.2 Å². The average molecular weight is 341 g/mol. The zero-order valence-electron chi connectivity index (χ0n) is 15.7. The van der Waals surface area contributed by atoms with E-state index in [0.717, 1.165) is 38.5 Å². The maximum atomic E-state index is 8.89. The first-order valence-electron chi connectivity index (χ1n) is 9.48. The van der Waals surface area contributed by atoms with Gasteiger partial charge in [-0.25, -0.2) is 0 Å². The molecule has 0 bridgehead atoms. The quantitative estimate of drug-likeness (QED) is 0.619. The molecule has 2 heteroatoms. The fourth-order valence-electron chi connectivity index (χ4n) is 3.22. The number of aliphatic hydroxyl groups excluding tert-OH is 2. The molecule has 2 N–H and O–H groups in total. The third-order valence-electron chi connectivity index (χ3n) is 5.10. The van der Waals surface area contributed by atoms with Gasteiger partial charge in [0.15, 0.2) is 0 Å². The Morgan fingerprint density at radius 3 is 1.28 bits per heavy atom. The van der Waals surface area contributed by atoms with Crippen molar-refractivity contribution in [3.8, 4) is 0 Å². The molecule has 2 rings (SSSR count). The van der Waals surface area contributed by atoms with E-state index in [-0.39, 0.29) is 18.6 Å². The molecule has 0 radical (unpaired) electrons. The predicted octanol–water partition coefficient (Wildman–Crippen LogP) is 4.64. The van der Waals surface area contributed by atoms with E-state index < -0.39 is 0 Å². The van der Waals surface area contributed by atoms with Crippen LogP contribution >= 0.6 is 0 Å². The first-order valence-corrected chi connectivity index (χ1v) is 9.48. The lowest BCUT2D eigenvalue weighted by Crippen LogP contribution is -2.18. The number of benzene rings is 2. The molecule has 0 aromatic heterocycles. The molecule has 0 spiro atoms. The highest BCUT2D eigenvalue weighted by Crippen LogP contribution is 2.32. The van der Waals surface area contributed by atoms with Crippen LogP contribution in [0.25, 0.3) is 0 Å². The van der Waals surface area contributed by atoms with Crippen LogP contribution in [0.3, 0.4) is 0 Å². The third kappa shape index (κ3) is 5.69. The lowest BCUT2D eigenvalue weighted by atomic mass is 9.77. The largest absolute Gasteiger partial charge is 0.396 e. The lowest BCUT2D eigenvalue weighted by Gasteiger charge is -2.26. The standard InChI is InChI=1S/C23H32O2/c1-23(2,21-13-9-19(10-14-21)7-3-5-17-24)22-15-11-20(12-16-22)8-4-6-18-25/h9-16,24-25H,3-8,17-18H2,1-2H3. The van der Waals surface area contributed by atoms with Crippen LogP contribution in [0.15, 0.2) is 48.5 Å². The second-order valence-corrected chi connectivity index (χ2v) is 7.38. The van der Waals surface area contributed by atoms with E-state index in [2.05, 4.69) is 62.4 Å². The van der Waals surface area contributed by atoms with Crippen LogP contribution in [-0.4, -0.2) is 23.4 Å². The van der Waals surface area contributed by atoms with Crippen LogP contribution in [0.4, 0.5) is 0 Å². The molecule has 0 atom stereocenters. The van der Waals surface area contributed by atoms with Crippen molar-refractivity contribution in [1.29, 1.82) is 0 Å². The second kappa shape index (κ2) is 9.74. The van der Waals surface area contributed by atoms with Gasteiger partial charge >= 0.3 is 0 Å². The third-order valence-corrected chi connectivity index (χ3v) is 5.10. The highest BCUT2D eigenvalue weighted by Gasteiger charge is 2.22. The van der Waals surface area contributed by atoms with Crippen LogP contribution in [0.1, 0.15) is 61.8 Å². The Balaban J connectivity index is 2.04. The normalized spacial score (nSPS) is 11.7. The smallest absolute Gasteiger partial charge is 0.0431 e. The molecule has 2 aromatic rings. The Kier molecular flexibility index (Phi) is 7.67. The molecule has 136 valence electrons. The molecule has 0 unspecified atom stereocenters. The van der Waals surface area contributed by atoms with Crippen molar-refractivity contribution < 1.29 is 10.2 Å². The summed E-state index contributed by atoms with van der Waals surface area (Å²) < 4.78 is 0. The Morgan fingerprint density at radius 2 is 0.960 bits per heavy atom. The zero-order valence-corrected chi connectivity index (χ0v) is 15.7. The van der Waals surface area contributed by atoms with Gasteiger partial charge in [0.05, 0.1) is 0 Å². The monoisotopic (exact) mass is 340 g/mol. The van der Waals surface area contributed by atoms with Crippen molar-refractivity contribution in [2.24, 2.45) is 0 Å². The molecule has 0 saturated heterocycles. The summed E-state index contributed by atoms with van der Waals surface area (Å²) in [5.74, 6) is 0. The topological polar surface area (TPSA) is 40.5 Å². The van der Waals surface area contributed by atoms with Gasteiger partial charge in [0.2, 0.25) is 0 Å². The number of unbranched alkanes of at least 4 members (excludes halogenated alkanes) is 2. The molecule has 0 aliphatic heterocycles. The summed E-state index contributed by atoms with van der Waals surface area (Å²) in [4.78, 5) is 0. The van der Waals surface area contributed by atoms with Gasteiger partial charge in [-0.05, 0) is 60.8 Å². The second-order valence-electron chi connectivity index (χ2n) is 7.38. The van der Waals surface area contributed by atoms with Crippen LogP contribution in [0.2, 0.25) is 0 Å². The summed E-state index contributed by atoms with van der Waals surface area (Å²) in [6.45, 7) is 5.10. The molecule has 25 heavy (non-hydrogen) atoms. The number of aryl methyl sites for hydroxylation is 2. The molecule has 0 amide bonds. The molecule has 2 nitrogen and oxygen atoms in total. The summed E-state index contributed by atoms with van der Waals surface area (Å²) in [6, 6.07) is 17.8. The Labute approximate surface area is 152 Å². The minimum Gasteiger partial charge on any atom is -0.396 e. The summed E-state index contributed by atoms with van der Waals surface area (Å²) >= 11 is 0. The van der Waals surface area contributed by atoms with Gasteiger partial charge in [0.1, 0.15) is 0 Å². The average Bonchev–Trinajstić information content (AvgIpc) is 2.63. The highest BCUT2D eigenvalue weighted by atomic mass is 16.3. The van der Waals surface area contributed by atoms with Crippen LogP contribution in [0.5, 0.6) is 0 Å². The minimum atomic E-state index is -0.0206. The van der Waals surface area contributed by atoms with Gasteiger partial charge in [-0.15, -0.1) is 0 Å². The Morgan fingerprint density at radius 1 is 0.600 bits per heavy atom. The van der Waals surface area contributed by atoms with Crippen molar-refractivity contribution in [1.82, 2.24) is 0 Å². The lowest BCUT2D eigenvalue weighted by molar-refractivity contribution is 0.284. The number of hydrogen-bond donors (Lipinski definition) is 2. The molecule has 0 fully saturated rings. The van der Waals surface area contributed by atoms with E-state index in [1.54, 1.807) is 0 Å². The minimum absolute atomic E-state index is 0.0206. The fourth-order valence-corrected chi connectivity index (χ4v) is 3.22. The summed E-state index contributed by atoms with van der Waals surface area (Å²) in [5, 5.41) is 17.8. The van der Waals surface area contributed by atoms with Crippen molar-refractivity contribution in [2.45, 2.75) is 57.8 Å². The molecule has 0 saturated carbocycles. The van der Waals surface area contributed by atoms with Crippen molar-refractivity contribution in [3.05, 3.63) is 70.8 Å². The molecule has 0 heterocycles. The number of aliphatic hydroxyl groups is 2. The fraction of sp³-hybridized carbons (Fsp3) is 0.478. The number of rotatable bonds is 10. The van der Waals surface area contributed by atoms with Crippen molar-refractivity contribution in [2.75, 3.05) is 13.2 Å². The summed E-state index contributed by atoms with van der Waals surface area (Å²) in [7, 11) is 0. The highest BCUT2D eigenvalue weighted by molar-refractivity contribution is 5.39. The number of hydrogen-bond acceptors (Lipinski definition) is 2. The van der Waals surface area contributed by atoms with Gasteiger partial charge in [-0.2, -0.15) is 0 Å². The van der Waals surface area contributed by atoms with E-state index in [1.165, 1.54) is 22.3 Å². The Bertz CT molecular complexity index is 556. The van der Waals surface area contributed by atoms with E-state index in [9.17, 15) is 0 Å². The summed E-state index contributed by atoms with van der Waals surface area (Å²) in [5.41, 5.74) is 5.31. The van der Waals surface area contributed by atoms with Crippen molar-refractivity contribution in [3.63, 3.8) is 0 Å². The predicted molar refractivity (Wildman–Crippen MR) is 105 cm³/mol. The van der Waals surface area contributed by atoms with E-state index in [4.69, 9.17) is 10.2 Å². The summed E-state index contributed by atoms with van der Waals surface area (Å²) in [6.07, 6.45) is 5.89. The first-order chi connectivity index (χ1) is 12.1. The van der Waals surface area contributed by atoms with Gasteiger partial charge in [-0.1, -0.05) is 62.4 Å². The van der Waals surface area contributed by atoms with Crippen LogP contribution in [-0.2, 0) is 18.3 Å². The van der Waals surface area contributed by atoms with Crippen LogP contribution in [0, 0.1) is 0 Å². The van der Waals surface area contributed by atoms with Gasteiger partial charge in [0, 0.05) is 18.6 Å². The molecule has 0 aliphatic carbocycles.